The third-order valence-electron chi connectivity index (χ3n) is 4.87. The van der Waals surface area contributed by atoms with Crippen LogP contribution in [-0.2, 0) is 16.6 Å². The van der Waals surface area contributed by atoms with Crippen molar-refractivity contribution in [2.45, 2.75) is 50.3 Å². The molecule has 1 fully saturated rings. The Labute approximate surface area is 132 Å². The zero-order valence-corrected chi connectivity index (χ0v) is 14.8. The predicted molar refractivity (Wildman–Crippen MR) is 88.1 cm³/mol. The average molecular weight is 331 g/mol. The van der Waals surface area contributed by atoms with Crippen LogP contribution in [0.15, 0.2) is 16.3 Å². The molecule has 0 spiro atoms. The van der Waals surface area contributed by atoms with Crippen molar-refractivity contribution in [2.24, 2.45) is 5.41 Å². The number of piperidine rings is 1. The van der Waals surface area contributed by atoms with Crippen molar-refractivity contribution in [3.8, 4) is 0 Å². The van der Waals surface area contributed by atoms with E-state index in [9.17, 15) is 8.42 Å². The molecule has 0 aromatic carbocycles. The van der Waals surface area contributed by atoms with E-state index in [0.717, 1.165) is 37.1 Å². The first-order valence-corrected chi connectivity index (χ1v) is 9.96. The molecule has 2 rings (SSSR count). The van der Waals surface area contributed by atoms with Crippen LogP contribution in [0.3, 0.4) is 0 Å². The fourth-order valence-corrected chi connectivity index (χ4v) is 6.01. The van der Waals surface area contributed by atoms with Gasteiger partial charge in [-0.1, -0.05) is 26.7 Å². The second kappa shape index (κ2) is 6.77. The van der Waals surface area contributed by atoms with Crippen molar-refractivity contribution in [3.05, 3.63) is 17.0 Å². The lowest BCUT2D eigenvalue weighted by molar-refractivity contribution is 0.142. The summed E-state index contributed by atoms with van der Waals surface area (Å²) in [5.41, 5.74) is 0.346. The Kier molecular flexibility index (Phi) is 5.46. The zero-order chi connectivity index (χ0) is 15.5. The normalized spacial score (nSPS) is 19.8. The van der Waals surface area contributed by atoms with Crippen molar-refractivity contribution < 1.29 is 8.42 Å². The third-order valence-corrected chi connectivity index (χ3v) is 8.32. The lowest BCUT2D eigenvalue weighted by atomic mass is 9.75. The second-order valence-electron chi connectivity index (χ2n) is 5.86. The summed E-state index contributed by atoms with van der Waals surface area (Å²) in [5, 5.41) is 3.06. The number of thiophene rings is 1. The van der Waals surface area contributed by atoms with Gasteiger partial charge in [-0.3, -0.25) is 0 Å². The number of hydrogen-bond donors (Lipinski definition) is 1. The maximum absolute atomic E-state index is 12.7. The van der Waals surface area contributed by atoms with Crippen LogP contribution in [0.5, 0.6) is 0 Å². The van der Waals surface area contributed by atoms with Gasteiger partial charge in [-0.05, 0) is 37.4 Å². The van der Waals surface area contributed by atoms with E-state index in [0.29, 0.717) is 22.7 Å². The highest BCUT2D eigenvalue weighted by molar-refractivity contribution is 7.91. The summed E-state index contributed by atoms with van der Waals surface area (Å²) < 4.78 is 27.6. The highest BCUT2D eigenvalue weighted by Crippen LogP contribution is 2.39. The van der Waals surface area contributed by atoms with Crippen LogP contribution in [-0.4, -0.2) is 32.9 Å². The first kappa shape index (κ1) is 16.9. The summed E-state index contributed by atoms with van der Waals surface area (Å²) in [6, 6.07) is 3.65. The summed E-state index contributed by atoms with van der Waals surface area (Å²) in [6.07, 6.45) is 4.24. The quantitative estimate of drug-likeness (QED) is 0.872. The van der Waals surface area contributed by atoms with Gasteiger partial charge >= 0.3 is 0 Å². The lowest BCUT2D eigenvalue weighted by Crippen LogP contribution is -2.42. The standard InChI is InChI=1S/C15H26N2O2S2/c1-4-15(5-2)8-10-17(11-9-15)21(18,19)14-7-6-13(20-14)12-16-3/h6-7,16H,4-5,8-12H2,1-3H3. The number of nitrogens with one attached hydrogen (secondary N) is 1. The maximum atomic E-state index is 12.7. The van der Waals surface area contributed by atoms with E-state index in [-0.39, 0.29) is 0 Å². The first-order chi connectivity index (χ1) is 9.97. The molecule has 4 nitrogen and oxygen atoms in total. The van der Waals surface area contributed by atoms with Gasteiger partial charge in [0, 0.05) is 24.5 Å². The van der Waals surface area contributed by atoms with Crippen molar-refractivity contribution in [2.75, 3.05) is 20.1 Å². The maximum Gasteiger partial charge on any atom is 0.252 e. The van der Waals surface area contributed by atoms with Crippen LogP contribution >= 0.6 is 11.3 Å². The summed E-state index contributed by atoms with van der Waals surface area (Å²) in [4.78, 5) is 1.06. The Morgan fingerprint density at radius 2 is 1.86 bits per heavy atom. The fourth-order valence-electron chi connectivity index (χ4n) is 3.05. The van der Waals surface area contributed by atoms with E-state index in [1.165, 1.54) is 11.3 Å². The predicted octanol–water partition coefficient (Wildman–Crippen LogP) is 3.06. The lowest BCUT2D eigenvalue weighted by Gasteiger charge is -2.40. The van der Waals surface area contributed by atoms with Crippen molar-refractivity contribution in [1.82, 2.24) is 9.62 Å². The smallest absolute Gasteiger partial charge is 0.252 e. The van der Waals surface area contributed by atoms with Crippen LogP contribution in [0.4, 0.5) is 0 Å². The molecule has 0 atom stereocenters. The summed E-state index contributed by atoms with van der Waals surface area (Å²) in [5.74, 6) is 0. The second-order valence-corrected chi connectivity index (χ2v) is 9.20. The van der Waals surface area contributed by atoms with Gasteiger partial charge in [-0.15, -0.1) is 11.3 Å². The van der Waals surface area contributed by atoms with Crippen LogP contribution in [0.1, 0.15) is 44.4 Å². The molecule has 1 aliphatic rings. The molecule has 120 valence electrons. The van der Waals surface area contributed by atoms with E-state index in [1.54, 1.807) is 10.4 Å². The van der Waals surface area contributed by atoms with Crippen molar-refractivity contribution in [1.29, 1.82) is 0 Å². The summed E-state index contributed by atoms with van der Waals surface area (Å²) in [6.45, 7) is 6.47. The Hall–Kier alpha value is -0.430. The van der Waals surface area contributed by atoms with E-state index < -0.39 is 10.0 Å². The number of hydrogen-bond acceptors (Lipinski definition) is 4. The van der Waals surface area contributed by atoms with Gasteiger partial charge in [0.2, 0.25) is 0 Å². The monoisotopic (exact) mass is 330 g/mol. The van der Waals surface area contributed by atoms with Crippen LogP contribution in [0.25, 0.3) is 0 Å². The van der Waals surface area contributed by atoms with E-state index >= 15 is 0 Å². The summed E-state index contributed by atoms with van der Waals surface area (Å²) in [7, 11) is -1.43. The number of rotatable bonds is 6. The number of sulfonamides is 1. The van der Waals surface area contributed by atoms with Gasteiger partial charge in [-0.25, -0.2) is 8.42 Å². The van der Waals surface area contributed by atoms with E-state index in [1.807, 2.05) is 13.1 Å². The minimum absolute atomic E-state index is 0.346. The molecule has 0 radical (unpaired) electrons. The Bertz CT molecular complexity index is 552. The molecule has 0 amide bonds. The molecule has 1 N–H and O–H groups in total. The molecule has 1 aliphatic heterocycles. The van der Waals surface area contributed by atoms with Crippen LogP contribution in [0, 0.1) is 5.41 Å². The molecule has 0 aliphatic carbocycles. The Balaban J connectivity index is 2.10. The molecule has 1 aromatic heterocycles. The Morgan fingerprint density at radius 1 is 1.24 bits per heavy atom. The van der Waals surface area contributed by atoms with Crippen LogP contribution in [0.2, 0.25) is 0 Å². The molecular formula is C15H26N2O2S2. The SMILES string of the molecule is CCC1(CC)CCN(S(=O)(=O)c2ccc(CNC)s2)CC1. The van der Waals surface area contributed by atoms with E-state index in [2.05, 4.69) is 19.2 Å². The van der Waals surface area contributed by atoms with Gasteiger partial charge in [-0.2, -0.15) is 4.31 Å². The van der Waals surface area contributed by atoms with Gasteiger partial charge in [0.25, 0.3) is 10.0 Å². The molecule has 1 aromatic rings. The minimum Gasteiger partial charge on any atom is -0.315 e. The van der Waals surface area contributed by atoms with Crippen molar-refractivity contribution in [3.63, 3.8) is 0 Å². The number of nitrogens with zero attached hydrogens (tertiary/aromatic N) is 1. The zero-order valence-electron chi connectivity index (χ0n) is 13.2. The molecule has 2 heterocycles. The molecule has 0 bridgehead atoms. The highest BCUT2D eigenvalue weighted by Gasteiger charge is 2.36. The minimum atomic E-state index is -3.30. The van der Waals surface area contributed by atoms with Gasteiger partial charge < -0.3 is 5.32 Å². The van der Waals surface area contributed by atoms with Crippen molar-refractivity contribution >= 4 is 21.4 Å². The fraction of sp³-hybridized carbons (Fsp3) is 0.733. The first-order valence-electron chi connectivity index (χ1n) is 7.71. The van der Waals surface area contributed by atoms with Crippen LogP contribution < -0.4 is 5.32 Å². The molecule has 6 heteroatoms. The van der Waals surface area contributed by atoms with E-state index in [4.69, 9.17) is 0 Å². The largest absolute Gasteiger partial charge is 0.315 e. The average Bonchev–Trinajstić information content (AvgIpc) is 2.97. The van der Waals surface area contributed by atoms with Gasteiger partial charge in [0.1, 0.15) is 4.21 Å². The molecule has 21 heavy (non-hydrogen) atoms. The topological polar surface area (TPSA) is 49.4 Å². The van der Waals surface area contributed by atoms with Gasteiger partial charge in [0.05, 0.1) is 0 Å². The Morgan fingerprint density at radius 3 is 2.38 bits per heavy atom. The molecule has 0 unspecified atom stereocenters. The third kappa shape index (κ3) is 3.50. The molecule has 1 saturated heterocycles. The molecular weight excluding hydrogens is 304 g/mol. The summed E-state index contributed by atoms with van der Waals surface area (Å²) >= 11 is 1.38. The molecule has 0 saturated carbocycles. The van der Waals surface area contributed by atoms with Gasteiger partial charge in [0.15, 0.2) is 0 Å². The highest BCUT2D eigenvalue weighted by atomic mass is 32.2.